The van der Waals surface area contributed by atoms with Crippen molar-refractivity contribution in [3.05, 3.63) is 0 Å². The Hall–Kier alpha value is -0.630. The van der Waals surface area contributed by atoms with Crippen LogP contribution in [0.2, 0.25) is 0 Å². The number of hydrogen-bond donors (Lipinski definition) is 1. The molecule has 0 aliphatic carbocycles. The molecule has 1 fully saturated rings. The molecule has 0 aromatic rings. The summed E-state index contributed by atoms with van der Waals surface area (Å²) in [4.78, 5) is 2.56. The first-order valence-electron chi connectivity index (χ1n) is 8.39. The van der Waals surface area contributed by atoms with Crippen LogP contribution in [0.1, 0.15) is 52.9 Å². The van der Waals surface area contributed by atoms with Gasteiger partial charge < -0.3 is 9.64 Å². The highest BCUT2D eigenvalue weighted by Gasteiger charge is 2.24. The molecule has 0 amide bonds. The maximum absolute atomic E-state index is 9.34. The molecule has 21 heavy (non-hydrogen) atoms. The van der Waals surface area contributed by atoms with Gasteiger partial charge in [-0.25, -0.2) is 0 Å². The highest BCUT2D eigenvalue weighted by atomic mass is 16.5. The molecule has 4 nitrogen and oxygen atoms in total. The van der Waals surface area contributed by atoms with E-state index >= 15 is 0 Å². The molecule has 1 N–H and O–H groups in total. The third-order valence-electron chi connectivity index (χ3n) is 4.26. The maximum Gasteiger partial charge on any atom is 0.104 e. The number of unbranched alkanes of at least 4 members (excludes halogenated alkanes) is 1. The van der Waals surface area contributed by atoms with Gasteiger partial charge in [0.2, 0.25) is 0 Å². The van der Waals surface area contributed by atoms with Crippen molar-refractivity contribution in [2.75, 3.05) is 33.4 Å². The zero-order chi connectivity index (χ0) is 15.7. The zero-order valence-corrected chi connectivity index (χ0v) is 14.3. The first kappa shape index (κ1) is 18.4. The Balaban J connectivity index is 2.22. The van der Waals surface area contributed by atoms with E-state index in [1.807, 2.05) is 6.92 Å². The van der Waals surface area contributed by atoms with Crippen LogP contribution in [0.4, 0.5) is 0 Å². The molecule has 2 unspecified atom stereocenters. The molecule has 122 valence electrons. The summed E-state index contributed by atoms with van der Waals surface area (Å²) in [5.74, 6) is 0.704. The standard InChI is InChI=1S/C17H33N3O/c1-15(2)19-17(3,14-18)9-5-6-10-20-11-7-8-16(12-20)13-21-4/h15-16,19H,5-13H2,1-4H3. The Kier molecular flexibility index (Phi) is 8.24. The monoisotopic (exact) mass is 295 g/mol. The van der Waals surface area contributed by atoms with Crippen molar-refractivity contribution >= 4 is 0 Å². The van der Waals surface area contributed by atoms with Gasteiger partial charge in [-0.15, -0.1) is 0 Å². The van der Waals surface area contributed by atoms with Crippen molar-refractivity contribution in [3.8, 4) is 6.07 Å². The van der Waals surface area contributed by atoms with E-state index in [-0.39, 0.29) is 5.54 Å². The summed E-state index contributed by atoms with van der Waals surface area (Å²) in [5, 5.41) is 12.7. The molecule has 1 aliphatic rings. The Morgan fingerprint density at radius 3 is 2.81 bits per heavy atom. The van der Waals surface area contributed by atoms with E-state index in [4.69, 9.17) is 4.74 Å². The van der Waals surface area contributed by atoms with E-state index in [1.54, 1.807) is 7.11 Å². The highest BCUT2D eigenvalue weighted by molar-refractivity contribution is 5.04. The van der Waals surface area contributed by atoms with Crippen LogP contribution < -0.4 is 5.32 Å². The minimum Gasteiger partial charge on any atom is -0.384 e. The van der Waals surface area contributed by atoms with Crippen LogP contribution in [0.15, 0.2) is 0 Å². The normalized spacial score (nSPS) is 23.0. The smallest absolute Gasteiger partial charge is 0.104 e. The van der Waals surface area contributed by atoms with Gasteiger partial charge in [0.1, 0.15) is 5.54 Å². The first-order chi connectivity index (χ1) is 9.99. The highest BCUT2D eigenvalue weighted by Crippen LogP contribution is 2.18. The van der Waals surface area contributed by atoms with Gasteiger partial charge >= 0.3 is 0 Å². The predicted molar refractivity (Wildman–Crippen MR) is 87.2 cm³/mol. The number of hydrogen-bond acceptors (Lipinski definition) is 4. The average molecular weight is 295 g/mol. The van der Waals surface area contributed by atoms with Gasteiger partial charge in [0, 0.05) is 19.7 Å². The van der Waals surface area contributed by atoms with Crippen LogP contribution in [0.25, 0.3) is 0 Å². The van der Waals surface area contributed by atoms with Crippen LogP contribution in [0, 0.1) is 17.2 Å². The van der Waals surface area contributed by atoms with Crippen LogP contribution in [-0.4, -0.2) is 49.8 Å². The summed E-state index contributed by atoms with van der Waals surface area (Å²) in [7, 11) is 1.80. The summed E-state index contributed by atoms with van der Waals surface area (Å²) in [6, 6.07) is 2.78. The number of ether oxygens (including phenoxy) is 1. The number of likely N-dealkylation sites (tertiary alicyclic amines) is 1. The van der Waals surface area contributed by atoms with Gasteiger partial charge in [-0.05, 0) is 71.9 Å². The fourth-order valence-electron chi connectivity index (χ4n) is 3.34. The molecule has 2 atom stereocenters. The van der Waals surface area contributed by atoms with Crippen molar-refractivity contribution in [1.29, 1.82) is 5.26 Å². The van der Waals surface area contributed by atoms with Gasteiger partial charge in [0.05, 0.1) is 12.7 Å². The summed E-state index contributed by atoms with van der Waals surface area (Å²) >= 11 is 0. The zero-order valence-electron chi connectivity index (χ0n) is 14.3. The molecule has 0 aromatic heterocycles. The molecule has 1 saturated heterocycles. The number of piperidine rings is 1. The molecule has 0 bridgehead atoms. The molecule has 0 saturated carbocycles. The molecular formula is C17H33N3O. The van der Waals surface area contributed by atoms with E-state index in [9.17, 15) is 5.26 Å². The maximum atomic E-state index is 9.34. The molecule has 1 rings (SSSR count). The fraction of sp³-hybridized carbons (Fsp3) is 0.941. The van der Waals surface area contributed by atoms with Crippen molar-refractivity contribution in [3.63, 3.8) is 0 Å². The molecular weight excluding hydrogens is 262 g/mol. The van der Waals surface area contributed by atoms with Crippen LogP contribution in [0.5, 0.6) is 0 Å². The Morgan fingerprint density at radius 1 is 1.43 bits per heavy atom. The molecule has 0 spiro atoms. The van der Waals surface area contributed by atoms with Crippen molar-refractivity contribution in [1.82, 2.24) is 10.2 Å². The van der Waals surface area contributed by atoms with Crippen LogP contribution in [0.3, 0.4) is 0 Å². The summed E-state index contributed by atoms with van der Waals surface area (Å²) < 4.78 is 5.28. The number of methoxy groups -OCH3 is 1. The van der Waals surface area contributed by atoms with Gasteiger partial charge in [-0.3, -0.25) is 5.32 Å². The van der Waals surface area contributed by atoms with Crippen molar-refractivity contribution < 1.29 is 4.74 Å². The lowest BCUT2D eigenvalue weighted by Gasteiger charge is -2.32. The van der Waals surface area contributed by atoms with Gasteiger partial charge in [-0.1, -0.05) is 0 Å². The van der Waals surface area contributed by atoms with Crippen molar-refractivity contribution in [2.24, 2.45) is 5.92 Å². The molecule has 1 aliphatic heterocycles. The number of nitrogens with one attached hydrogen (secondary N) is 1. The van der Waals surface area contributed by atoms with E-state index < -0.39 is 0 Å². The quantitative estimate of drug-likeness (QED) is 0.665. The lowest BCUT2D eigenvalue weighted by molar-refractivity contribution is 0.0896. The fourth-order valence-corrected chi connectivity index (χ4v) is 3.34. The summed E-state index contributed by atoms with van der Waals surface area (Å²) in [6.45, 7) is 10.7. The number of rotatable bonds is 9. The van der Waals surface area contributed by atoms with Gasteiger partial charge in [-0.2, -0.15) is 5.26 Å². The van der Waals surface area contributed by atoms with E-state index in [0.717, 1.165) is 26.0 Å². The summed E-state index contributed by atoms with van der Waals surface area (Å²) in [5.41, 5.74) is -0.380. The molecule has 4 heteroatoms. The van der Waals surface area contributed by atoms with Crippen LogP contribution in [-0.2, 0) is 4.74 Å². The first-order valence-corrected chi connectivity index (χ1v) is 8.39. The van der Waals surface area contributed by atoms with E-state index in [2.05, 4.69) is 30.1 Å². The van der Waals surface area contributed by atoms with Gasteiger partial charge in [0.15, 0.2) is 0 Å². The third-order valence-corrected chi connectivity index (χ3v) is 4.26. The minimum absolute atomic E-state index is 0.353. The predicted octanol–water partition coefficient (Wildman–Crippen LogP) is 2.80. The van der Waals surface area contributed by atoms with Crippen molar-refractivity contribution in [2.45, 2.75) is 64.5 Å². The Morgan fingerprint density at radius 2 is 2.19 bits per heavy atom. The SMILES string of the molecule is COCC1CCCN(CCCCC(C)(C#N)NC(C)C)C1. The number of nitrogens with zero attached hydrogens (tertiary/aromatic N) is 2. The summed E-state index contributed by atoms with van der Waals surface area (Å²) in [6.07, 6.45) is 5.80. The topological polar surface area (TPSA) is 48.3 Å². The molecule has 0 aromatic carbocycles. The third kappa shape index (κ3) is 7.26. The lowest BCUT2D eigenvalue weighted by atomic mass is 9.95. The lowest BCUT2D eigenvalue weighted by Crippen LogP contribution is -2.45. The molecule has 1 heterocycles. The van der Waals surface area contributed by atoms with E-state index in [0.29, 0.717) is 12.0 Å². The number of nitriles is 1. The van der Waals surface area contributed by atoms with E-state index in [1.165, 1.54) is 32.4 Å². The Labute approximate surface area is 130 Å². The largest absolute Gasteiger partial charge is 0.384 e. The van der Waals surface area contributed by atoms with Gasteiger partial charge in [0.25, 0.3) is 0 Å². The second-order valence-electron chi connectivity index (χ2n) is 6.96. The Bertz CT molecular complexity index is 324. The van der Waals surface area contributed by atoms with Crippen LogP contribution >= 0.6 is 0 Å². The second-order valence-corrected chi connectivity index (χ2v) is 6.96. The molecule has 0 radical (unpaired) electrons. The second kappa shape index (κ2) is 9.40. The minimum atomic E-state index is -0.380. The average Bonchev–Trinajstić information content (AvgIpc) is 2.44.